The largest absolute Gasteiger partial charge is 0.271 e. The maximum absolute atomic E-state index is 12.5. The number of benzene rings is 4. The molecule has 0 fully saturated rings. The van der Waals surface area contributed by atoms with Crippen molar-refractivity contribution in [1.29, 1.82) is 0 Å². The second-order valence-corrected chi connectivity index (χ2v) is 11.1. The lowest BCUT2D eigenvalue weighted by Crippen LogP contribution is -2.35. The molecule has 0 unspecified atom stereocenters. The van der Waals surface area contributed by atoms with Gasteiger partial charge in [-0.15, -0.1) is 17.0 Å². The van der Waals surface area contributed by atoms with Gasteiger partial charge in [-0.3, -0.25) is 4.79 Å². The van der Waals surface area contributed by atoms with Gasteiger partial charge < -0.3 is 0 Å². The molecular weight excluding hydrogens is 491 g/mol. The van der Waals surface area contributed by atoms with Crippen molar-refractivity contribution in [2.24, 2.45) is 5.10 Å². The van der Waals surface area contributed by atoms with Crippen LogP contribution in [0, 0.1) is 0 Å². The molecule has 0 aromatic heterocycles. The van der Waals surface area contributed by atoms with Crippen LogP contribution >= 0.6 is 24.2 Å². The third kappa shape index (κ3) is 5.65. The van der Waals surface area contributed by atoms with Gasteiger partial charge in [0.1, 0.15) is 29.3 Å². The van der Waals surface area contributed by atoms with E-state index >= 15 is 0 Å². The molecule has 166 valence electrons. The monoisotopic (exact) mass is 517 g/mol. The Labute approximate surface area is 206 Å². The summed E-state index contributed by atoms with van der Waals surface area (Å²) in [6, 6.07) is 41.2. The van der Waals surface area contributed by atoms with E-state index in [1.54, 1.807) is 12.1 Å². The van der Waals surface area contributed by atoms with Gasteiger partial charge in [0.25, 0.3) is 5.91 Å². The summed E-state index contributed by atoms with van der Waals surface area (Å²) in [7, 11) is -2.02. The molecule has 1 amide bonds. The van der Waals surface area contributed by atoms with E-state index < -0.39 is 7.26 Å². The fraction of sp³-hybridized carbons (Fsp3) is 0.0714. The van der Waals surface area contributed by atoms with E-state index in [2.05, 4.69) is 102 Å². The number of hydrazone groups is 1. The molecule has 0 saturated heterocycles. The van der Waals surface area contributed by atoms with Gasteiger partial charge in [-0.25, -0.2) is 5.43 Å². The van der Waals surface area contributed by atoms with Crippen molar-refractivity contribution < 1.29 is 4.79 Å². The van der Waals surface area contributed by atoms with Gasteiger partial charge >= 0.3 is 0 Å². The number of nitrogens with one attached hydrogen (secondary N) is 1. The Kier molecular flexibility index (Phi) is 8.71. The van der Waals surface area contributed by atoms with Crippen LogP contribution in [-0.2, 0) is 0 Å². The predicted molar refractivity (Wildman–Crippen MR) is 147 cm³/mol. The van der Waals surface area contributed by atoms with Gasteiger partial charge in [0.05, 0.1) is 5.71 Å². The highest BCUT2D eigenvalue weighted by molar-refractivity contribution is 8.93. The second-order valence-electron chi connectivity index (χ2n) is 7.63. The Morgan fingerprint density at radius 2 is 1.03 bits per heavy atom. The van der Waals surface area contributed by atoms with Crippen molar-refractivity contribution in [3.05, 3.63) is 127 Å². The van der Waals surface area contributed by atoms with Gasteiger partial charge in [0, 0.05) is 5.56 Å². The second kappa shape index (κ2) is 11.7. The number of halogens is 1. The van der Waals surface area contributed by atoms with Crippen molar-refractivity contribution in [3.8, 4) is 0 Å². The molecular formula is C28H27BrN2OP+. The SMILES string of the molecule is Br.C/C(C[P+](c1ccccc1)(c1ccccc1)c1ccccc1)=N\NC(=O)c1ccccc1. The highest BCUT2D eigenvalue weighted by atomic mass is 79.9. The number of carbonyl (C=O) groups excluding carboxylic acids is 1. The number of rotatable bonds is 7. The third-order valence-corrected chi connectivity index (χ3v) is 9.91. The lowest BCUT2D eigenvalue weighted by Gasteiger charge is -2.27. The van der Waals surface area contributed by atoms with Crippen molar-refractivity contribution in [1.82, 2.24) is 5.43 Å². The third-order valence-electron chi connectivity index (χ3n) is 5.44. The molecule has 4 rings (SSSR count). The quantitative estimate of drug-likeness (QED) is 0.200. The first-order valence-electron chi connectivity index (χ1n) is 10.6. The Morgan fingerprint density at radius 3 is 1.42 bits per heavy atom. The minimum atomic E-state index is -2.02. The molecule has 33 heavy (non-hydrogen) atoms. The van der Waals surface area contributed by atoms with Crippen LogP contribution in [0.25, 0.3) is 0 Å². The van der Waals surface area contributed by atoms with E-state index in [1.807, 2.05) is 25.1 Å². The lowest BCUT2D eigenvalue weighted by atomic mass is 10.2. The number of carbonyl (C=O) groups is 1. The summed E-state index contributed by atoms with van der Waals surface area (Å²) < 4.78 is 0. The minimum absolute atomic E-state index is 0. The highest BCUT2D eigenvalue weighted by Gasteiger charge is 2.45. The maximum Gasteiger partial charge on any atom is 0.271 e. The van der Waals surface area contributed by atoms with Crippen molar-refractivity contribution in [3.63, 3.8) is 0 Å². The molecule has 0 heterocycles. The summed E-state index contributed by atoms with van der Waals surface area (Å²) in [5, 5.41) is 8.39. The van der Waals surface area contributed by atoms with Crippen LogP contribution in [0.5, 0.6) is 0 Å². The molecule has 0 atom stereocenters. The molecule has 0 saturated carbocycles. The zero-order valence-electron chi connectivity index (χ0n) is 18.5. The molecule has 4 aromatic carbocycles. The van der Waals surface area contributed by atoms with Gasteiger partial charge in [0.2, 0.25) is 0 Å². The molecule has 5 heteroatoms. The highest BCUT2D eigenvalue weighted by Crippen LogP contribution is 2.55. The van der Waals surface area contributed by atoms with Crippen LogP contribution < -0.4 is 21.3 Å². The Morgan fingerprint density at radius 1 is 0.667 bits per heavy atom. The maximum atomic E-state index is 12.5. The van der Waals surface area contributed by atoms with Crippen molar-refractivity contribution in [2.45, 2.75) is 6.92 Å². The standard InChI is InChI=1S/C28H25N2OP.BrH/c1-23(29-30-28(31)24-14-6-2-7-15-24)22-32(25-16-8-3-9-17-25,26-18-10-4-11-19-26)27-20-12-5-13-21-27;/h2-21H,22H2,1H3;1H/p+1/b29-23+;. The molecule has 0 spiro atoms. The molecule has 0 aliphatic heterocycles. The fourth-order valence-corrected chi connectivity index (χ4v) is 8.19. The number of nitrogens with zero attached hydrogens (tertiary/aromatic N) is 1. The summed E-state index contributed by atoms with van der Waals surface area (Å²) in [5.74, 6) is -0.201. The zero-order valence-corrected chi connectivity index (χ0v) is 21.1. The Hall–Kier alpha value is -3.07. The van der Waals surface area contributed by atoms with Gasteiger partial charge in [-0.05, 0) is 55.5 Å². The molecule has 0 aliphatic rings. The van der Waals surface area contributed by atoms with E-state index in [0.717, 1.165) is 11.9 Å². The average molecular weight is 518 g/mol. The molecule has 4 aromatic rings. The van der Waals surface area contributed by atoms with Crippen molar-refractivity contribution >= 4 is 51.8 Å². The van der Waals surface area contributed by atoms with Gasteiger partial charge in [-0.2, -0.15) is 5.10 Å². The first-order chi connectivity index (χ1) is 15.7. The first kappa shape index (κ1) is 24.6. The van der Waals surface area contributed by atoms with Gasteiger partial charge in [-0.1, -0.05) is 72.8 Å². The molecule has 1 N–H and O–H groups in total. The van der Waals surface area contributed by atoms with Crippen molar-refractivity contribution in [2.75, 3.05) is 6.16 Å². The zero-order chi connectivity index (χ0) is 22.2. The van der Waals surface area contributed by atoms with Crippen LogP contribution in [0.1, 0.15) is 17.3 Å². The van der Waals surface area contributed by atoms with E-state index in [1.165, 1.54) is 15.9 Å². The summed E-state index contributed by atoms with van der Waals surface area (Å²) in [6.45, 7) is 1.99. The smallest absolute Gasteiger partial charge is 0.267 e. The first-order valence-corrected chi connectivity index (χ1v) is 12.6. The topological polar surface area (TPSA) is 41.5 Å². The normalized spacial score (nSPS) is 11.4. The Bertz CT molecular complexity index is 1090. The van der Waals surface area contributed by atoms with E-state index in [9.17, 15) is 4.79 Å². The average Bonchev–Trinajstić information content (AvgIpc) is 2.88. The lowest BCUT2D eigenvalue weighted by molar-refractivity contribution is 0.0955. The molecule has 3 nitrogen and oxygen atoms in total. The molecule has 0 aliphatic carbocycles. The van der Waals surface area contributed by atoms with Crippen LogP contribution in [0.2, 0.25) is 0 Å². The fourth-order valence-electron chi connectivity index (χ4n) is 3.95. The summed E-state index contributed by atoms with van der Waals surface area (Å²) >= 11 is 0. The predicted octanol–water partition coefficient (Wildman–Crippen LogP) is 5.36. The number of amides is 1. The van der Waals surface area contributed by atoms with Crippen LogP contribution in [0.4, 0.5) is 0 Å². The molecule has 0 bridgehead atoms. The summed E-state index contributed by atoms with van der Waals surface area (Å²) in [4.78, 5) is 12.5. The van der Waals surface area contributed by atoms with E-state index in [0.29, 0.717) is 5.56 Å². The summed E-state index contributed by atoms with van der Waals surface area (Å²) in [5.41, 5.74) is 4.23. The van der Waals surface area contributed by atoms with E-state index in [-0.39, 0.29) is 22.9 Å². The number of hydrogen-bond donors (Lipinski definition) is 1. The van der Waals surface area contributed by atoms with Crippen LogP contribution in [-0.4, -0.2) is 17.8 Å². The van der Waals surface area contributed by atoms with Crippen LogP contribution in [0.15, 0.2) is 126 Å². The van der Waals surface area contributed by atoms with E-state index in [4.69, 9.17) is 0 Å². The summed E-state index contributed by atoms with van der Waals surface area (Å²) in [6.07, 6.45) is 0.736. The Balaban J connectivity index is 0.00000306. The minimum Gasteiger partial charge on any atom is -0.267 e. The molecule has 0 radical (unpaired) electrons. The van der Waals surface area contributed by atoms with Crippen LogP contribution in [0.3, 0.4) is 0 Å². The van der Waals surface area contributed by atoms with Gasteiger partial charge in [0.15, 0.2) is 0 Å². The number of hydrogen-bond acceptors (Lipinski definition) is 2.